The third-order valence-electron chi connectivity index (χ3n) is 4.83. The first-order valence-electron chi connectivity index (χ1n) is 10.6. The van der Waals surface area contributed by atoms with E-state index in [1.165, 1.54) is 25.7 Å². The number of anilines is 1. The van der Waals surface area contributed by atoms with Crippen LogP contribution in [0.15, 0.2) is 50.9 Å². The maximum absolute atomic E-state index is 12.6. The zero-order chi connectivity index (χ0) is 22.6. The fraction of sp³-hybridized carbons (Fsp3) is 0.360. The predicted molar refractivity (Wildman–Crippen MR) is 134 cm³/mol. The average Bonchev–Trinajstić information content (AvgIpc) is 2.74. The Kier molecular flexibility index (Phi) is 10.8. The van der Waals surface area contributed by atoms with Crippen molar-refractivity contribution < 1.29 is 9.53 Å². The summed E-state index contributed by atoms with van der Waals surface area (Å²) in [7, 11) is 0. The molecule has 0 unspecified atom stereocenters. The van der Waals surface area contributed by atoms with Crippen LogP contribution in [0.5, 0.6) is 5.75 Å². The van der Waals surface area contributed by atoms with E-state index in [-0.39, 0.29) is 5.57 Å². The predicted octanol–water partition coefficient (Wildman–Crippen LogP) is 7.81. The van der Waals surface area contributed by atoms with E-state index in [0.29, 0.717) is 12.3 Å². The quantitative estimate of drug-likeness (QED) is 0.177. The molecule has 0 saturated heterocycles. The second-order valence-corrected chi connectivity index (χ2v) is 9.08. The molecule has 0 aliphatic heterocycles. The number of carbonyl (C=O) groups excluding carboxylic acids is 1. The number of amides is 1. The smallest absolute Gasteiger partial charge is 0.266 e. The first-order chi connectivity index (χ1) is 15.0. The monoisotopic (exact) mass is 546 g/mol. The number of hydrogen-bond acceptors (Lipinski definition) is 3. The van der Waals surface area contributed by atoms with Crippen LogP contribution in [-0.4, -0.2) is 12.5 Å². The highest BCUT2D eigenvalue weighted by Gasteiger charge is 2.13. The summed E-state index contributed by atoms with van der Waals surface area (Å²) in [5, 5.41) is 12.3. The highest BCUT2D eigenvalue weighted by molar-refractivity contribution is 9.11. The number of carbonyl (C=O) groups is 1. The zero-order valence-electron chi connectivity index (χ0n) is 18.0. The largest absolute Gasteiger partial charge is 0.491 e. The van der Waals surface area contributed by atoms with E-state index >= 15 is 0 Å². The minimum absolute atomic E-state index is 0.0304. The Morgan fingerprint density at radius 2 is 1.74 bits per heavy atom. The van der Waals surface area contributed by atoms with Crippen LogP contribution in [0.1, 0.15) is 56.6 Å². The standard InChI is InChI=1S/C25H28Br2N2O2/c1-3-4-5-6-7-10-13-31-24-21(26)15-19(16-22(24)27)14-20(17-28)25(30)29-23-12-9-8-11-18(23)2/h8-9,11-12,14-16H,3-7,10,13H2,1-2H3,(H,29,30)/b20-14-. The van der Waals surface area contributed by atoms with E-state index in [0.717, 1.165) is 38.7 Å². The minimum Gasteiger partial charge on any atom is -0.491 e. The molecule has 0 radical (unpaired) electrons. The summed E-state index contributed by atoms with van der Waals surface area (Å²) in [6.07, 6.45) is 8.81. The van der Waals surface area contributed by atoms with Gasteiger partial charge >= 0.3 is 0 Å². The third kappa shape index (κ3) is 8.16. The molecule has 0 spiro atoms. The van der Waals surface area contributed by atoms with Gasteiger partial charge in [0.1, 0.15) is 17.4 Å². The number of para-hydroxylation sites is 1. The van der Waals surface area contributed by atoms with Crippen molar-refractivity contribution in [2.45, 2.75) is 52.4 Å². The molecule has 0 bridgehead atoms. The Morgan fingerprint density at radius 1 is 1.10 bits per heavy atom. The lowest BCUT2D eigenvalue weighted by atomic mass is 10.1. The maximum atomic E-state index is 12.6. The molecule has 2 rings (SSSR count). The maximum Gasteiger partial charge on any atom is 0.266 e. The lowest BCUT2D eigenvalue weighted by Gasteiger charge is -2.12. The van der Waals surface area contributed by atoms with E-state index in [2.05, 4.69) is 44.1 Å². The Morgan fingerprint density at radius 3 is 2.39 bits per heavy atom. The van der Waals surface area contributed by atoms with Crippen molar-refractivity contribution in [2.24, 2.45) is 0 Å². The number of hydrogen-bond donors (Lipinski definition) is 1. The van der Waals surface area contributed by atoms with E-state index in [9.17, 15) is 10.1 Å². The van der Waals surface area contributed by atoms with Crippen molar-refractivity contribution in [2.75, 3.05) is 11.9 Å². The fourth-order valence-corrected chi connectivity index (χ4v) is 4.53. The van der Waals surface area contributed by atoms with Gasteiger partial charge in [-0.1, -0.05) is 57.2 Å². The second kappa shape index (κ2) is 13.3. The fourth-order valence-electron chi connectivity index (χ4n) is 3.08. The summed E-state index contributed by atoms with van der Waals surface area (Å²) in [5.74, 6) is 0.293. The van der Waals surface area contributed by atoms with E-state index < -0.39 is 5.91 Å². The van der Waals surface area contributed by atoms with Crippen LogP contribution in [0, 0.1) is 18.3 Å². The third-order valence-corrected chi connectivity index (χ3v) is 6.01. The van der Waals surface area contributed by atoms with Gasteiger partial charge in [0.05, 0.1) is 15.6 Å². The molecule has 2 aromatic rings. The zero-order valence-corrected chi connectivity index (χ0v) is 21.2. The van der Waals surface area contributed by atoms with Gasteiger partial charge in [-0.15, -0.1) is 0 Å². The number of nitriles is 1. The number of halogens is 2. The summed E-state index contributed by atoms with van der Waals surface area (Å²) >= 11 is 7.09. The molecule has 0 aromatic heterocycles. The van der Waals surface area contributed by atoms with Crippen LogP contribution < -0.4 is 10.1 Å². The van der Waals surface area contributed by atoms with Crippen LogP contribution in [0.3, 0.4) is 0 Å². The van der Waals surface area contributed by atoms with Crippen LogP contribution in [0.25, 0.3) is 6.08 Å². The molecule has 164 valence electrons. The summed E-state index contributed by atoms with van der Waals surface area (Å²) in [6, 6.07) is 13.1. The van der Waals surface area contributed by atoms with Gasteiger partial charge in [-0.05, 0) is 80.6 Å². The molecule has 6 heteroatoms. The lowest BCUT2D eigenvalue weighted by molar-refractivity contribution is -0.112. The second-order valence-electron chi connectivity index (χ2n) is 7.37. The molecular weight excluding hydrogens is 520 g/mol. The Hall–Kier alpha value is -2.10. The number of benzene rings is 2. The Balaban J connectivity index is 2.03. The highest BCUT2D eigenvalue weighted by Crippen LogP contribution is 2.35. The van der Waals surface area contributed by atoms with Gasteiger partial charge < -0.3 is 10.1 Å². The summed E-state index contributed by atoms with van der Waals surface area (Å²) in [5.41, 5.74) is 2.38. The molecule has 1 N–H and O–H groups in total. The lowest BCUT2D eigenvalue weighted by Crippen LogP contribution is -2.14. The molecule has 0 aliphatic carbocycles. The van der Waals surface area contributed by atoms with Crippen LogP contribution >= 0.6 is 31.9 Å². The van der Waals surface area contributed by atoms with Crippen molar-refractivity contribution in [3.63, 3.8) is 0 Å². The molecule has 0 saturated carbocycles. The molecule has 4 nitrogen and oxygen atoms in total. The van der Waals surface area contributed by atoms with Gasteiger partial charge in [-0.2, -0.15) is 5.26 Å². The van der Waals surface area contributed by atoms with Crippen molar-refractivity contribution >= 4 is 49.5 Å². The van der Waals surface area contributed by atoms with Crippen LogP contribution in [-0.2, 0) is 4.79 Å². The van der Waals surface area contributed by atoms with Gasteiger partial charge in [-0.25, -0.2) is 0 Å². The molecule has 0 atom stereocenters. The molecule has 31 heavy (non-hydrogen) atoms. The minimum atomic E-state index is -0.438. The summed E-state index contributed by atoms with van der Waals surface area (Å²) < 4.78 is 7.49. The summed E-state index contributed by atoms with van der Waals surface area (Å²) in [6.45, 7) is 4.78. The van der Waals surface area contributed by atoms with Crippen LogP contribution in [0.2, 0.25) is 0 Å². The van der Waals surface area contributed by atoms with Crippen molar-refractivity contribution in [3.05, 3.63) is 62.0 Å². The first kappa shape index (κ1) is 25.2. The molecule has 0 heterocycles. The van der Waals surface area contributed by atoms with Gasteiger partial charge in [-0.3, -0.25) is 4.79 Å². The van der Waals surface area contributed by atoms with E-state index in [4.69, 9.17) is 4.74 Å². The normalized spacial score (nSPS) is 11.1. The van der Waals surface area contributed by atoms with Gasteiger partial charge in [0, 0.05) is 5.69 Å². The van der Waals surface area contributed by atoms with Crippen molar-refractivity contribution in [3.8, 4) is 11.8 Å². The number of nitrogens with zero attached hydrogens (tertiary/aromatic N) is 1. The van der Waals surface area contributed by atoms with Gasteiger partial charge in [0.2, 0.25) is 0 Å². The Bertz CT molecular complexity index is 941. The molecular formula is C25H28Br2N2O2. The number of unbranched alkanes of at least 4 members (excludes halogenated alkanes) is 5. The van der Waals surface area contributed by atoms with Crippen LogP contribution in [0.4, 0.5) is 5.69 Å². The van der Waals surface area contributed by atoms with E-state index in [1.54, 1.807) is 6.08 Å². The number of ether oxygens (including phenoxy) is 1. The average molecular weight is 548 g/mol. The molecule has 0 aliphatic rings. The summed E-state index contributed by atoms with van der Waals surface area (Å²) in [4.78, 5) is 12.6. The van der Waals surface area contributed by atoms with Crippen molar-refractivity contribution in [1.82, 2.24) is 0 Å². The molecule has 2 aromatic carbocycles. The molecule has 0 fully saturated rings. The van der Waals surface area contributed by atoms with Crippen molar-refractivity contribution in [1.29, 1.82) is 5.26 Å². The number of nitrogens with one attached hydrogen (secondary N) is 1. The van der Waals surface area contributed by atoms with Gasteiger partial charge in [0.25, 0.3) is 5.91 Å². The highest BCUT2D eigenvalue weighted by atomic mass is 79.9. The SMILES string of the molecule is CCCCCCCCOc1c(Br)cc(/C=C(/C#N)C(=O)Nc2ccccc2C)cc1Br. The molecule has 1 amide bonds. The first-order valence-corrected chi connectivity index (χ1v) is 12.2. The number of aryl methyl sites for hydroxylation is 1. The number of rotatable bonds is 11. The Labute approximate surface area is 201 Å². The van der Waals surface area contributed by atoms with Gasteiger partial charge in [0.15, 0.2) is 0 Å². The topological polar surface area (TPSA) is 62.1 Å². The van der Waals surface area contributed by atoms with E-state index in [1.807, 2.05) is 49.4 Å².